The monoisotopic (exact) mass is 1260 g/mol. The van der Waals surface area contributed by atoms with Crippen LogP contribution < -0.4 is 5.73 Å². The summed E-state index contributed by atoms with van der Waals surface area (Å²) in [4.78, 5) is 43.8. The summed E-state index contributed by atoms with van der Waals surface area (Å²) < 4.78 is 193. The SMILES string of the molecule is COC1[C@H](O[C@H]2C(OOO)C(OOO)[C@@H](O[C@H]3C(OC)C(C)[C@H](O[C@@H]4C(COS(=O)(=O)O)O[C@H](OC)C(OOO)[C@H]4OOO)O[C@H]3OC=O)O[C@H]2COS(=O)(=O)O)OC(OC=O)[C@@H](O[C@H]2OC(COS(=O)(=O)O)[C@@H](C)[C@H](C)C2N)[C@@H]1C. The quantitative estimate of drug-likeness (QED) is 0.0141. The van der Waals surface area contributed by atoms with Crippen molar-refractivity contribution in [1.82, 2.24) is 0 Å². The predicted octanol–water partition coefficient (Wildman–Crippen LogP) is -3.42. The zero-order valence-electron chi connectivity index (χ0n) is 43.1. The predicted molar refractivity (Wildman–Crippen MR) is 237 cm³/mol. The summed E-state index contributed by atoms with van der Waals surface area (Å²) in [6.45, 7) is 2.92. The number of ether oxygens (including phenoxy) is 14. The maximum Gasteiger partial charge on any atom is 0.397 e. The van der Waals surface area contributed by atoms with Crippen LogP contribution in [0.4, 0.5) is 0 Å². The van der Waals surface area contributed by atoms with Crippen molar-refractivity contribution in [1.29, 1.82) is 0 Å². The molecular formula is C37H63NO40S3. The number of rotatable bonds is 32. The molecule has 44 heteroatoms. The zero-order valence-corrected chi connectivity index (χ0v) is 45.6. The topological polar surface area (TPSA) is 535 Å². The molecular weight excluding hydrogens is 1190 g/mol. The number of nitrogens with two attached hydrogens (primary N) is 1. The molecule has 0 spiro atoms. The molecule has 41 nitrogen and oxygen atoms in total. The molecule has 5 saturated heterocycles. The first-order valence-corrected chi connectivity index (χ1v) is 27.5. The first-order chi connectivity index (χ1) is 38.2. The van der Waals surface area contributed by atoms with E-state index in [0.717, 1.165) is 21.3 Å². The van der Waals surface area contributed by atoms with Crippen LogP contribution in [0.5, 0.6) is 0 Å². The average Bonchev–Trinajstić information content (AvgIpc) is 3.41. The van der Waals surface area contributed by atoms with Crippen LogP contribution >= 0.6 is 0 Å². The molecule has 9 N–H and O–H groups in total. The van der Waals surface area contributed by atoms with E-state index in [1.54, 1.807) is 13.8 Å². The Balaban J connectivity index is 1.47. The summed E-state index contributed by atoms with van der Waals surface area (Å²) in [5, 5.41) is 53.5. The van der Waals surface area contributed by atoms with Gasteiger partial charge in [-0.25, -0.2) is 33.6 Å². The molecule has 474 valence electrons. The molecule has 0 aromatic carbocycles. The number of methoxy groups -OCH3 is 3. The fraction of sp³-hybridized carbons (Fsp3) is 0.946. The fourth-order valence-electron chi connectivity index (χ4n) is 9.50. The van der Waals surface area contributed by atoms with Crippen molar-refractivity contribution in [2.45, 2.75) is 157 Å². The van der Waals surface area contributed by atoms with Gasteiger partial charge < -0.3 is 72.0 Å². The standard InChI is InChI=1S/C37H63NO40S3/c1-13-14(2)20(38)32(62-17(13)8-59-79(45,46)47)65-23-15(3)22(55-6)36(70-34(23)57-11-39)67-25-19(10-61-81(51,52)53)64-37(30(74-78-44)27(25)72-76-42)68-28-21(54-5)16(4)31(69-35(28)58-12-40)66-24-18(9-60-80(48,49)50)63-33(56-7)29(73-77-43)26(24)71-75-41/h11-37,41-44H,8-10,38H2,1-7H3,(H,45,46,47)(H,48,49,50)(H,51,52,53)/t13-,14-,15+,16?,17?,18?,19-,20?,21?,22?,23-,24+,25+,26-,27?,28-,29?,30?,31+,32+,33-,34?,35+,36+,37+/m0/s1. The van der Waals surface area contributed by atoms with Gasteiger partial charge in [0, 0.05) is 33.2 Å². The van der Waals surface area contributed by atoms with Crippen molar-refractivity contribution < 1.29 is 188 Å². The Morgan fingerprint density at radius 2 is 0.778 bits per heavy atom. The lowest BCUT2D eigenvalue weighted by Crippen LogP contribution is -2.67. The molecule has 0 bridgehead atoms. The number of carbonyl (C=O) groups excluding carboxylic acids is 2. The van der Waals surface area contributed by atoms with E-state index >= 15 is 0 Å². The Hall–Kier alpha value is -2.45. The Bertz CT molecular complexity index is 2260. The minimum atomic E-state index is -5.39. The van der Waals surface area contributed by atoms with Gasteiger partial charge in [0.2, 0.25) is 12.6 Å². The molecule has 0 aliphatic carbocycles. The van der Waals surface area contributed by atoms with Gasteiger partial charge >= 0.3 is 31.2 Å². The highest BCUT2D eigenvalue weighted by Gasteiger charge is 2.60. The highest BCUT2D eigenvalue weighted by atomic mass is 32.3. The van der Waals surface area contributed by atoms with Crippen molar-refractivity contribution in [3.63, 3.8) is 0 Å². The van der Waals surface area contributed by atoms with Gasteiger partial charge in [-0.15, -0.1) is 0 Å². The van der Waals surface area contributed by atoms with Crippen molar-refractivity contribution in [3.05, 3.63) is 0 Å². The first-order valence-electron chi connectivity index (χ1n) is 23.4. The molecule has 0 saturated carbocycles. The van der Waals surface area contributed by atoms with Gasteiger partial charge in [-0.2, -0.15) is 44.8 Å². The van der Waals surface area contributed by atoms with Gasteiger partial charge in [-0.05, 0) is 11.8 Å². The third kappa shape index (κ3) is 18.3. The van der Waals surface area contributed by atoms with Gasteiger partial charge in [0.05, 0.1) is 38.1 Å². The van der Waals surface area contributed by atoms with E-state index in [1.165, 1.54) is 13.8 Å². The Labute approximate surface area is 458 Å². The summed E-state index contributed by atoms with van der Waals surface area (Å²) in [6.07, 6.45) is -35.7. The second-order valence-corrected chi connectivity index (χ2v) is 21.3. The molecule has 5 aliphatic heterocycles. The van der Waals surface area contributed by atoms with Gasteiger partial charge in [0.1, 0.15) is 42.7 Å². The van der Waals surface area contributed by atoms with Gasteiger partial charge in [0.25, 0.3) is 12.9 Å². The summed E-state index contributed by atoms with van der Waals surface area (Å²) in [7, 11) is -12.2. The van der Waals surface area contributed by atoms with Crippen LogP contribution in [0.25, 0.3) is 0 Å². The summed E-state index contributed by atoms with van der Waals surface area (Å²) >= 11 is 0. The molecule has 0 aromatic heterocycles. The lowest BCUT2D eigenvalue weighted by molar-refractivity contribution is -0.573. The van der Waals surface area contributed by atoms with E-state index in [1.807, 2.05) is 0 Å². The molecule has 5 aliphatic rings. The fourth-order valence-corrected chi connectivity index (χ4v) is 10.4. The zero-order chi connectivity index (χ0) is 60.1. The minimum Gasteiger partial charge on any atom is -0.435 e. The third-order valence-corrected chi connectivity index (χ3v) is 14.9. The molecule has 0 aromatic rings. The molecule has 5 rings (SSSR count). The van der Waals surface area contributed by atoms with Gasteiger partial charge in [-0.3, -0.25) is 23.2 Å². The number of hydrogen-bond donors (Lipinski definition) is 8. The summed E-state index contributed by atoms with van der Waals surface area (Å²) in [6, 6.07) is -0.940. The third-order valence-electron chi connectivity index (χ3n) is 13.6. The smallest absolute Gasteiger partial charge is 0.397 e. The maximum absolute atomic E-state index is 12.1. The first kappa shape index (κ1) is 69.3. The van der Waals surface area contributed by atoms with E-state index in [2.05, 4.69) is 32.7 Å². The number of hydrogen-bond acceptors (Lipinski definition) is 38. The number of carbonyl (C=O) groups is 2. The molecule has 0 amide bonds. The molecule has 0 radical (unpaired) electrons. The minimum absolute atomic E-state index is 0.0499. The molecule has 25 atom stereocenters. The Morgan fingerprint density at radius 1 is 0.395 bits per heavy atom. The van der Waals surface area contributed by atoms with Gasteiger partial charge in [-0.1, -0.05) is 47.8 Å². The summed E-state index contributed by atoms with van der Waals surface area (Å²) in [5.41, 5.74) is 6.48. The molecule has 10 unspecified atom stereocenters. The van der Waals surface area contributed by atoms with Crippen LogP contribution in [0.3, 0.4) is 0 Å². The van der Waals surface area contributed by atoms with Crippen LogP contribution in [0, 0.1) is 23.7 Å². The van der Waals surface area contributed by atoms with Crippen molar-refractivity contribution in [2.24, 2.45) is 29.4 Å². The van der Waals surface area contributed by atoms with Crippen molar-refractivity contribution >= 4 is 44.1 Å². The van der Waals surface area contributed by atoms with Crippen LogP contribution in [0.2, 0.25) is 0 Å². The lowest BCUT2D eigenvalue weighted by Gasteiger charge is -2.50. The largest absolute Gasteiger partial charge is 0.435 e. The highest BCUT2D eigenvalue weighted by molar-refractivity contribution is 7.81. The molecule has 5 fully saturated rings. The highest BCUT2D eigenvalue weighted by Crippen LogP contribution is 2.41. The molecule has 5 heterocycles. The Morgan fingerprint density at radius 3 is 1.23 bits per heavy atom. The second kappa shape index (κ2) is 31.3. The Kier molecular flexibility index (Phi) is 26.8. The van der Waals surface area contributed by atoms with E-state index in [-0.39, 0.29) is 12.9 Å². The van der Waals surface area contributed by atoms with E-state index < -0.39 is 204 Å². The second-order valence-electron chi connectivity index (χ2n) is 18.1. The van der Waals surface area contributed by atoms with Gasteiger partial charge in [0.15, 0.2) is 55.9 Å². The molecule has 81 heavy (non-hydrogen) atoms. The van der Waals surface area contributed by atoms with E-state index in [0.29, 0.717) is 0 Å². The maximum atomic E-state index is 12.1. The van der Waals surface area contributed by atoms with Crippen LogP contribution in [-0.4, -0.2) is 243 Å². The summed E-state index contributed by atoms with van der Waals surface area (Å²) in [5.74, 6) is -3.23. The normalized spacial score (nSPS) is 40.9. The van der Waals surface area contributed by atoms with Crippen LogP contribution in [-0.2, 0) is 159 Å². The van der Waals surface area contributed by atoms with Crippen LogP contribution in [0.1, 0.15) is 27.7 Å². The van der Waals surface area contributed by atoms with Crippen molar-refractivity contribution in [3.8, 4) is 0 Å². The van der Waals surface area contributed by atoms with Crippen molar-refractivity contribution in [2.75, 3.05) is 41.2 Å². The van der Waals surface area contributed by atoms with Crippen LogP contribution in [0.15, 0.2) is 0 Å². The van der Waals surface area contributed by atoms with E-state index in [4.69, 9.17) is 96.9 Å². The lowest BCUT2D eigenvalue weighted by atomic mass is 9.82. The average molecular weight is 1260 g/mol. The van der Waals surface area contributed by atoms with E-state index in [9.17, 15) is 64.3 Å².